The third-order valence-electron chi connectivity index (χ3n) is 5.43. The summed E-state index contributed by atoms with van der Waals surface area (Å²) in [5, 5.41) is 1.79. The van der Waals surface area contributed by atoms with Crippen LogP contribution in [0, 0.1) is 5.92 Å². The highest BCUT2D eigenvalue weighted by atomic mass is 35.5. The standard InChI is InChI=1S/C24H22ClNOS/c1-14(2)16-11-19(15(3)22(27)12-16)23-24(28-18-7-5-4-6-8-18)20-13-17(25)9-10-21(20)26-23/h4-10,13,16,26H,1,11-12H2,2-3H3. The molecule has 4 heteroatoms. The van der Waals surface area contributed by atoms with Gasteiger partial charge in [-0.1, -0.05) is 53.7 Å². The molecule has 0 amide bonds. The molecule has 0 spiro atoms. The Kier molecular flexibility index (Phi) is 5.22. The molecule has 0 saturated carbocycles. The lowest BCUT2D eigenvalue weighted by Crippen LogP contribution is -2.18. The van der Waals surface area contributed by atoms with Gasteiger partial charge in [-0.2, -0.15) is 0 Å². The Morgan fingerprint density at radius 2 is 1.93 bits per heavy atom. The number of hydrogen-bond donors (Lipinski definition) is 1. The minimum absolute atomic E-state index is 0.191. The molecule has 1 atom stereocenters. The molecule has 1 N–H and O–H groups in total. The number of allylic oxidation sites excluding steroid dienone is 3. The van der Waals surface area contributed by atoms with Crippen molar-refractivity contribution in [3.63, 3.8) is 0 Å². The Hall–Kier alpha value is -2.23. The van der Waals surface area contributed by atoms with Crippen molar-refractivity contribution in [2.24, 2.45) is 5.92 Å². The fourth-order valence-electron chi connectivity index (χ4n) is 3.72. The second kappa shape index (κ2) is 7.65. The normalized spacial score (nSPS) is 17.4. The lowest BCUT2D eigenvalue weighted by atomic mass is 9.79. The van der Waals surface area contributed by atoms with Crippen LogP contribution in [0.25, 0.3) is 16.5 Å². The van der Waals surface area contributed by atoms with Crippen molar-refractivity contribution in [3.8, 4) is 0 Å². The van der Waals surface area contributed by atoms with Crippen molar-refractivity contribution in [3.05, 3.63) is 77.0 Å². The number of carbonyl (C=O) groups is 1. The average Bonchev–Trinajstić information content (AvgIpc) is 3.02. The van der Waals surface area contributed by atoms with Gasteiger partial charge in [0.05, 0.1) is 5.69 Å². The predicted octanol–water partition coefficient (Wildman–Crippen LogP) is 7.30. The van der Waals surface area contributed by atoms with Gasteiger partial charge in [0.25, 0.3) is 0 Å². The number of aromatic nitrogens is 1. The van der Waals surface area contributed by atoms with E-state index in [-0.39, 0.29) is 11.7 Å². The fraction of sp³-hybridized carbons (Fsp3) is 0.208. The minimum atomic E-state index is 0.191. The number of nitrogens with one attached hydrogen (secondary N) is 1. The van der Waals surface area contributed by atoms with Crippen LogP contribution in [-0.2, 0) is 4.79 Å². The molecule has 0 fully saturated rings. The van der Waals surface area contributed by atoms with E-state index in [0.29, 0.717) is 11.4 Å². The molecule has 1 unspecified atom stereocenters. The zero-order valence-corrected chi connectivity index (χ0v) is 17.6. The van der Waals surface area contributed by atoms with E-state index in [2.05, 4.69) is 23.7 Å². The van der Waals surface area contributed by atoms with Gasteiger partial charge in [0.2, 0.25) is 0 Å². The van der Waals surface area contributed by atoms with Crippen molar-refractivity contribution >= 4 is 45.6 Å². The molecule has 1 aromatic heterocycles. The van der Waals surface area contributed by atoms with Gasteiger partial charge in [-0.25, -0.2) is 0 Å². The molecule has 0 saturated heterocycles. The van der Waals surface area contributed by atoms with Crippen LogP contribution < -0.4 is 0 Å². The van der Waals surface area contributed by atoms with Crippen molar-refractivity contribution in [2.45, 2.75) is 36.5 Å². The van der Waals surface area contributed by atoms with Gasteiger partial charge in [0.1, 0.15) is 0 Å². The number of aromatic amines is 1. The van der Waals surface area contributed by atoms with E-state index in [4.69, 9.17) is 11.6 Å². The quantitative estimate of drug-likeness (QED) is 0.460. The van der Waals surface area contributed by atoms with Crippen LogP contribution in [0.4, 0.5) is 0 Å². The highest BCUT2D eigenvalue weighted by molar-refractivity contribution is 7.99. The molecule has 0 aliphatic heterocycles. The molecule has 1 aliphatic rings. The summed E-state index contributed by atoms with van der Waals surface area (Å²) < 4.78 is 0. The zero-order valence-electron chi connectivity index (χ0n) is 16.0. The van der Waals surface area contributed by atoms with E-state index >= 15 is 0 Å². The molecule has 2 nitrogen and oxygen atoms in total. The largest absolute Gasteiger partial charge is 0.354 e. The van der Waals surface area contributed by atoms with Gasteiger partial charge < -0.3 is 4.98 Å². The predicted molar refractivity (Wildman–Crippen MR) is 119 cm³/mol. The van der Waals surface area contributed by atoms with Gasteiger partial charge in [-0.15, -0.1) is 0 Å². The van der Waals surface area contributed by atoms with Crippen LogP contribution in [0.3, 0.4) is 0 Å². The minimum Gasteiger partial charge on any atom is -0.354 e. The van der Waals surface area contributed by atoms with Gasteiger partial charge in [-0.3, -0.25) is 4.79 Å². The average molecular weight is 408 g/mol. The first-order valence-electron chi connectivity index (χ1n) is 9.37. The second-order valence-corrected chi connectivity index (χ2v) is 8.93. The van der Waals surface area contributed by atoms with E-state index in [0.717, 1.165) is 49.5 Å². The number of benzene rings is 2. The van der Waals surface area contributed by atoms with Crippen molar-refractivity contribution in [2.75, 3.05) is 0 Å². The SMILES string of the molecule is C=C(C)C1CC(=O)C(C)=C(c2[nH]c3ccc(Cl)cc3c2Sc2ccccc2)C1. The van der Waals surface area contributed by atoms with Crippen molar-refractivity contribution in [1.29, 1.82) is 0 Å². The molecule has 28 heavy (non-hydrogen) atoms. The number of carbonyl (C=O) groups excluding carboxylic acids is 1. The topological polar surface area (TPSA) is 32.9 Å². The fourth-order valence-corrected chi connectivity index (χ4v) is 4.98. The Balaban J connectivity index is 1.91. The van der Waals surface area contributed by atoms with Gasteiger partial charge in [0.15, 0.2) is 5.78 Å². The van der Waals surface area contributed by atoms with Crippen molar-refractivity contribution < 1.29 is 4.79 Å². The lowest BCUT2D eigenvalue weighted by Gasteiger charge is -2.25. The summed E-state index contributed by atoms with van der Waals surface area (Å²) in [4.78, 5) is 18.5. The molecule has 0 radical (unpaired) electrons. The molecular weight excluding hydrogens is 386 g/mol. The number of rotatable bonds is 4. The zero-order chi connectivity index (χ0) is 19.8. The Morgan fingerprint density at radius 1 is 1.18 bits per heavy atom. The molecule has 4 rings (SSSR count). The number of Topliss-reactive ketones (excluding diaryl/α,β-unsaturated/α-hetero) is 1. The third-order valence-corrected chi connectivity index (χ3v) is 6.80. The molecule has 1 aliphatic carbocycles. The number of hydrogen-bond acceptors (Lipinski definition) is 2. The lowest BCUT2D eigenvalue weighted by molar-refractivity contribution is -0.116. The van der Waals surface area contributed by atoms with Crippen LogP contribution in [-0.4, -0.2) is 10.8 Å². The molecule has 0 bridgehead atoms. The van der Waals surface area contributed by atoms with Crippen molar-refractivity contribution in [1.82, 2.24) is 4.98 Å². The van der Waals surface area contributed by atoms with E-state index in [1.165, 1.54) is 0 Å². The number of fused-ring (bicyclic) bond motifs is 1. The first-order valence-corrected chi connectivity index (χ1v) is 10.6. The number of halogens is 1. The van der Waals surface area contributed by atoms with E-state index in [1.807, 2.05) is 50.2 Å². The third kappa shape index (κ3) is 3.57. The molecular formula is C24H22ClNOS. The summed E-state index contributed by atoms with van der Waals surface area (Å²) in [7, 11) is 0. The summed E-state index contributed by atoms with van der Waals surface area (Å²) in [6.45, 7) is 8.06. The van der Waals surface area contributed by atoms with Gasteiger partial charge in [0, 0.05) is 32.1 Å². The monoisotopic (exact) mass is 407 g/mol. The molecule has 2 aromatic carbocycles. The van der Waals surface area contributed by atoms with Crippen LogP contribution in [0.5, 0.6) is 0 Å². The van der Waals surface area contributed by atoms with E-state index < -0.39 is 0 Å². The number of H-pyrrole nitrogens is 1. The van der Waals surface area contributed by atoms with E-state index in [1.54, 1.807) is 11.8 Å². The first-order chi connectivity index (χ1) is 13.4. The Labute approximate surface area is 174 Å². The summed E-state index contributed by atoms with van der Waals surface area (Å²) in [5.74, 6) is 0.400. The van der Waals surface area contributed by atoms with Gasteiger partial charge in [-0.05, 0) is 67.7 Å². The number of ketones is 1. The summed E-state index contributed by atoms with van der Waals surface area (Å²) in [6.07, 6.45) is 1.38. The Bertz CT molecular complexity index is 1110. The maximum atomic E-state index is 12.7. The smallest absolute Gasteiger partial charge is 0.159 e. The first kappa shape index (κ1) is 19.1. The summed E-state index contributed by atoms with van der Waals surface area (Å²) >= 11 is 8.01. The van der Waals surface area contributed by atoms with Crippen LogP contribution in [0.2, 0.25) is 5.02 Å². The van der Waals surface area contributed by atoms with E-state index in [9.17, 15) is 4.79 Å². The summed E-state index contributed by atoms with van der Waals surface area (Å²) in [6, 6.07) is 16.2. The highest BCUT2D eigenvalue weighted by Gasteiger charge is 2.29. The Morgan fingerprint density at radius 3 is 2.64 bits per heavy atom. The maximum absolute atomic E-state index is 12.7. The van der Waals surface area contributed by atoms with Crippen LogP contribution in [0.1, 0.15) is 32.4 Å². The summed E-state index contributed by atoms with van der Waals surface area (Å²) in [5.41, 5.74) is 5.07. The molecule has 1 heterocycles. The second-order valence-electron chi connectivity index (χ2n) is 7.41. The van der Waals surface area contributed by atoms with Crippen LogP contribution in [0.15, 0.2) is 76.0 Å². The maximum Gasteiger partial charge on any atom is 0.159 e. The van der Waals surface area contributed by atoms with Gasteiger partial charge >= 0.3 is 0 Å². The highest BCUT2D eigenvalue weighted by Crippen LogP contribution is 2.44. The molecule has 3 aromatic rings. The molecule has 142 valence electrons. The van der Waals surface area contributed by atoms with Crippen LogP contribution >= 0.6 is 23.4 Å².